The highest BCUT2D eigenvalue weighted by Crippen LogP contribution is 2.46. The second-order valence-corrected chi connectivity index (χ2v) is 10.6. The molecule has 3 aromatic rings. The van der Waals surface area contributed by atoms with Gasteiger partial charge in [-0.3, -0.25) is 9.69 Å². The number of nitrogens with zero attached hydrogens (tertiary/aromatic N) is 3. The molecule has 0 spiro atoms. The van der Waals surface area contributed by atoms with Crippen molar-refractivity contribution in [2.24, 2.45) is 5.73 Å². The number of fused-ring (bicyclic) bond motifs is 1. The predicted octanol–water partition coefficient (Wildman–Crippen LogP) is 4.90. The van der Waals surface area contributed by atoms with Gasteiger partial charge in [-0.2, -0.15) is 0 Å². The number of likely N-dealkylation sites (tertiary alicyclic amines) is 1. The van der Waals surface area contributed by atoms with Crippen LogP contribution < -0.4 is 20.5 Å². The lowest BCUT2D eigenvalue weighted by Crippen LogP contribution is -2.45. The molecule has 1 fully saturated rings. The maximum absolute atomic E-state index is 12.6. The van der Waals surface area contributed by atoms with Crippen molar-refractivity contribution in [1.29, 1.82) is 0 Å². The smallest absolute Gasteiger partial charge is 0.411 e. The van der Waals surface area contributed by atoms with Crippen LogP contribution in [0.25, 0.3) is 22.0 Å². The molecular weight excluding hydrogens is 533 g/mol. The Balaban J connectivity index is 1.58. The second kappa shape index (κ2) is 10.7. The van der Waals surface area contributed by atoms with Gasteiger partial charge in [0, 0.05) is 35.8 Å². The Kier molecular flexibility index (Phi) is 7.75. The lowest BCUT2D eigenvalue weighted by molar-refractivity contribution is -0.122. The van der Waals surface area contributed by atoms with E-state index in [1.54, 1.807) is 33.0 Å². The van der Waals surface area contributed by atoms with E-state index < -0.39 is 23.6 Å². The molecule has 2 atom stereocenters. The van der Waals surface area contributed by atoms with Crippen LogP contribution >= 0.6 is 23.2 Å². The van der Waals surface area contributed by atoms with E-state index in [4.69, 9.17) is 43.1 Å². The first kappa shape index (κ1) is 27.5. The van der Waals surface area contributed by atoms with Crippen LogP contribution in [0.2, 0.25) is 10.0 Å². The topological polar surface area (TPSA) is 129 Å². The minimum atomic E-state index is -0.792. The van der Waals surface area contributed by atoms with Crippen LogP contribution in [0, 0.1) is 0 Å². The van der Waals surface area contributed by atoms with E-state index in [2.05, 4.69) is 15.3 Å². The third-order valence-electron chi connectivity index (χ3n) is 6.03. The largest absolute Gasteiger partial charge is 0.495 e. The molecule has 1 saturated heterocycles. The molecule has 10 nitrogen and oxygen atoms in total. The predicted molar refractivity (Wildman–Crippen MR) is 146 cm³/mol. The summed E-state index contributed by atoms with van der Waals surface area (Å²) in [5, 5.41) is 4.67. The van der Waals surface area contributed by atoms with Crippen LogP contribution in [-0.2, 0) is 9.53 Å². The first-order valence-corrected chi connectivity index (χ1v) is 12.6. The third-order valence-corrected chi connectivity index (χ3v) is 6.78. The Hall–Kier alpha value is -3.50. The molecule has 3 N–H and O–H groups in total. The van der Waals surface area contributed by atoms with Gasteiger partial charge in [0.1, 0.15) is 23.1 Å². The Morgan fingerprint density at radius 1 is 1.11 bits per heavy atom. The Bertz CT molecular complexity index is 1370. The number of hydrogen-bond donors (Lipinski definition) is 2. The van der Waals surface area contributed by atoms with E-state index in [1.807, 2.05) is 18.2 Å². The van der Waals surface area contributed by atoms with Crippen molar-refractivity contribution in [1.82, 2.24) is 14.9 Å². The number of ether oxygens (including phenoxy) is 3. The molecule has 0 bridgehead atoms. The van der Waals surface area contributed by atoms with E-state index in [0.717, 1.165) is 10.9 Å². The highest BCUT2D eigenvalue weighted by atomic mass is 35.5. The maximum atomic E-state index is 12.6. The van der Waals surface area contributed by atoms with Gasteiger partial charge in [0.2, 0.25) is 11.9 Å². The van der Waals surface area contributed by atoms with Crippen LogP contribution in [0.15, 0.2) is 30.5 Å². The maximum Gasteiger partial charge on any atom is 0.411 e. The molecule has 2 heterocycles. The molecular formula is C26H29Cl2N5O5. The van der Waals surface area contributed by atoms with Gasteiger partial charge in [0.15, 0.2) is 0 Å². The first-order valence-electron chi connectivity index (χ1n) is 11.8. The number of carbonyl (C=O) groups is 2. The molecule has 0 aliphatic carbocycles. The van der Waals surface area contributed by atoms with Gasteiger partial charge in [-0.15, -0.1) is 0 Å². The molecule has 1 aliphatic heterocycles. The standard InChI is InChI=1S/C26H29Cl2N5O5/c1-26(2,3)38-25(35)33-12-15(9-17(33)23(29)34)31-24-30-11-14-8-13(6-7-16(14)32-24)20-21(27)18(36-4)10-19(37-5)22(20)28/h6-8,10-11,15,17H,9,12H2,1-5H3,(H2,29,34)(H,30,31,32)/t15-,17-/m0/s1. The molecule has 0 saturated carbocycles. The zero-order valence-electron chi connectivity index (χ0n) is 21.7. The number of carbonyl (C=O) groups excluding carboxylic acids is 2. The number of rotatable bonds is 6. The summed E-state index contributed by atoms with van der Waals surface area (Å²) >= 11 is 13.2. The molecule has 0 unspecified atom stereocenters. The Morgan fingerprint density at radius 2 is 1.76 bits per heavy atom. The van der Waals surface area contributed by atoms with E-state index in [1.165, 1.54) is 19.1 Å². The fraction of sp³-hybridized carbons (Fsp3) is 0.385. The average Bonchev–Trinajstić information content (AvgIpc) is 3.28. The minimum Gasteiger partial charge on any atom is -0.495 e. The molecule has 0 radical (unpaired) electrons. The molecule has 202 valence electrons. The summed E-state index contributed by atoms with van der Waals surface area (Å²) in [5.41, 5.74) is 6.83. The summed E-state index contributed by atoms with van der Waals surface area (Å²) in [6.45, 7) is 5.50. The molecule has 12 heteroatoms. The first-order chi connectivity index (χ1) is 17.9. The number of primary amides is 1. The lowest BCUT2D eigenvalue weighted by Gasteiger charge is -2.27. The third kappa shape index (κ3) is 5.66. The molecule has 1 aromatic heterocycles. The van der Waals surface area contributed by atoms with Gasteiger partial charge >= 0.3 is 6.09 Å². The van der Waals surface area contributed by atoms with Crippen molar-refractivity contribution >= 4 is 52.1 Å². The number of anilines is 1. The van der Waals surface area contributed by atoms with Gasteiger partial charge in [0.25, 0.3) is 0 Å². The second-order valence-electron chi connectivity index (χ2n) is 9.88. The number of methoxy groups -OCH3 is 2. The quantitative estimate of drug-likeness (QED) is 0.434. The van der Waals surface area contributed by atoms with Crippen LogP contribution in [0.4, 0.5) is 10.7 Å². The average molecular weight is 562 g/mol. The number of halogens is 2. The van der Waals surface area contributed by atoms with Crippen molar-refractivity contribution in [2.45, 2.75) is 44.9 Å². The number of benzene rings is 2. The number of aromatic nitrogens is 2. The number of nitrogens with one attached hydrogen (secondary N) is 1. The summed E-state index contributed by atoms with van der Waals surface area (Å²) in [4.78, 5) is 35.0. The molecule has 2 amide bonds. The lowest BCUT2D eigenvalue weighted by atomic mass is 10.0. The fourth-order valence-electron chi connectivity index (χ4n) is 4.31. The minimum absolute atomic E-state index is 0.220. The zero-order chi connectivity index (χ0) is 27.8. The normalized spacial score (nSPS) is 17.4. The SMILES string of the molecule is COc1cc(OC)c(Cl)c(-c2ccc3nc(N[C@H]4C[C@@H](C(N)=O)N(C(=O)OC(C)(C)C)C4)ncc3c2)c1Cl. The van der Waals surface area contributed by atoms with E-state index >= 15 is 0 Å². The number of nitrogens with two attached hydrogens (primary N) is 1. The number of amides is 2. The summed E-state index contributed by atoms with van der Waals surface area (Å²) in [7, 11) is 3.04. The summed E-state index contributed by atoms with van der Waals surface area (Å²) in [6, 6.07) is 6.08. The zero-order valence-corrected chi connectivity index (χ0v) is 23.2. The van der Waals surface area contributed by atoms with Crippen molar-refractivity contribution in [2.75, 3.05) is 26.1 Å². The fourth-order valence-corrected chi connectivity index (χ4v) is 5.03. The molecule has 2 aromatic carbocycles. The molecule has 1 aliphatic rings. The monoisotopic (exact) mass is 561 g/mol. The van der Waals surface area contributed by atoms with E-state index in [9.17, 15) is 9.59 Å². The van der Waals surface area contributed by atoms with Gasteiger partial charge in [0.05, 0.1) is 29.8 Å². The van der Waals surface area contributed by atoms with Gasteiger partial charge in [-0.05, 0) is 44.9 Å². The van der Waals surface area contributed by atoms with Crippen LogP contribution in [0.1, 0.15) is 27.2 Å². The summed E-state index contributed by atoms with van der Waals surface area (Å²) in [5.74, 6) is 0.623. The van der Waals surface area contributed by atoms with Gasteiger partial charge in [-0.25, -0.2) is 14.8 Å². The van der Waals surface area contributed by atoms with Crippen LogP contribution in [0.5, 0.6) is 11.5 Å². The molecule has 4 rings (SSSR count). The van der Waals surface area contributed by atoms with Gasteiger partial charge < -0.3 is 25.3 Å². The highest BCUT2D eigenvalue weighted by Gasteiger charge is 2.40. The van der Waals surface area contributed by atoms with Crippen LogP contribution in [-0.4, -0.2) is 65.3 Å². The van der Waals surface area contributed by atoms with E-state index in [-0.39, 0.29) is 12.6 Å². The summed E-state index contributed by atoms with van der Waals surface area (Å²) < 4.78 is 16.2. The number of hydrogen-bond acceptors (Lipinski definition) is 8. The van der Waals surface area contributed by atoms with Crippen molar-refractivity contribution in [3.8, 4) is 22.6 Å². The van der Waals surface area contributed by atoms with Crippen molar-refractivity contribution < 1.29 is 23.8 Å². The molecule has 38 heavy (non-hydrogen) atoms. The van der Waals surface area contributed by atoms with Crippen molar-refractivity contribution in [3.63, 3.8) is 0 Å². The Morgan fingerprint density at radius 3 is 2.34 bits per heavy atom. The highest BCUT2D eigenvalue weighted by molar-refractivity contribution is 6.41. The van der Waals surface area contributed by atoms with Gasteiger partial charge in [-0.1, -0.05) is 29.3 Å². The summed E-state index contributed by atoms with van der Waals surface area (Å²) in [6.07, 6.45) is 1.38. The Labute approximate surface area is 230 Å². The van der Waals surface area contributed by atoms with Crippen LogP contribution in [0.3, 0.4) is 0 Å². The van der Waals surface area contributed by atoms with E-state index in [0.29, 0.717) is 45.0 Å². The van der Waals surface area contributed by atoms with Crippen molar-refractivity contribution in [3.05, 3.63) is 40.5 Å².